The van der Waals surface area contributed by atoms with E-state index in [1.807, 2.05) is 67.6 Å². The first-order valence-electron chi connectivity index (χ1n) is 10.4. The third-order valence-corrected chi connectivity index (χ3v) is 5.19. The highest BCUT2D eigenvalue weighted by atomic mass is 16.5. The summed E-state index contributed by atoms with van der Waals surface area (Å²) < 4.78 is 4.75. The van der Waals surface area contributed by atoms with E-state index in [0.29, 0.717) is 6.54 Å². The predicted molar refractivity (Wildman–Crippen MR) is 121 cm³/mol. The second-order valence-electron chi connectivity index (χ2n) is 7.63. The number of aliphatic hydroxyl groups excluding tert-OH is 1. The second-order valence-corrected chi connectivity index (χ2v) is 7.63. The molecular formula is C25H29N3O3. The Labute approximate surface area is 183 Å². The summed E-state index contributed by atoms with van der Waals surface area (Å²) in [6.45, 7) is 2.73. The summed E-state index contributed by atoms with van der Waals surface area (Å²) in [5, 5.41) is 12.5. The molecule has 0 radical (unpaired) electrons. The van der Waals surface area contributed by atoms with E-state index >= 15 is 0 Å². The molecule has 2 aromatic carbocycles. The number of rotatable bonds is 9. The molecule has 0 fully saturated rings. The minimum Gasteiger partial charge on any atom is -0.452 e. The summed E-state index contributed by atoms with van der Waals surface area (Å²) in [7, 11) is 1.32. The lowest BCUT2D eigenvalue weighted by atomic mass is 9.95. The minimum atomic E-state index is -0.620. The summed E-state index contributed by atoms with van der Waals surface area (Å²) >= 11 is 0. The van der Waals surface area contributed by atoms with E-state index in [1.165, 1.54) is 12.7 Å². The standard InChI is InChI=1S/C25H29N3O3/c1-19(16-20-8-4-3-5-9-20)24(29)18-28(27-25(30)31-2)17-21-11-13-22(14-12-21)23-10-6-7-15-26-23/h3-15,19,24,29H,16-18H2,1-2H3,(H,27,30). The Morgan fingerprint density at radius 2 is 1.74 bits per heavy atom. The molecule has 0 saturated carbocycles. The number of nitrogens with zero attached hydrogens (tertiary/aromatic N) is 2. The fraction of sp³-hybridized carbons (Fsp3) is 0.280. The summed E-state index contributed by atoms with van der Waals surface area (Å²) in [6.07, 6.45) is 1.34. The van der Waals surface area contributed by atoms with Crippen molar-refractivity contribution in [3.05, 3.63) is 90.1 Å². The van der Waals surface area contributed by atoms with Crippen LogP contribution in [0.1, 0.15) is 18.1 Å². The molecule has 2 unspecified atom stereocenters. The van der Waals surface area contributed by atoms with Gasteiger partial charge in [0.2, 0.25) is 0 Å². The number of hydrogen-bond acceptors (Lipinski definition) is 5. The van der Waals surface area contributed by atoms with Gasteiger partial charge in [-0.25, -0.2) is 9.80 Å². The lowest BCUT2D eigenvalue weighted by Crippen LogP contribution is -2.47. The zero-order valence-corrected chi connectivity index (χ0v) is 17.9. The van der Waals surface area contributed by atoms with Crippen LogP contribution in [0.5, 0.6) is 0 Å². The largest absolute Gasteiger partial charge is 0.452 e. The Morgan fingerprint density at radius 1 is 1.03 bits per heavy atom. The lowest BCUT2D eigenvalue weighted by molar-refractivity contribution is 0.0412. The van der Waals surface area contributed by atoms with E-state index in [-0.39, 0.29) is 12.5 Å². The number of aliphatic hydroxyl groups is 1. The van der Waals surface area contributed by atoms with Crippen molar-refractivity contribution in [1.29, 1.82) is 0 Å². The molecule has 0 aliphatic rings. The van der Waals surface area contributed by atoms with Gasteiger partial charge in [0, 0.05) is 24.8 Å². The van der Waals surface area contributed by atoms with Crippen LogP contribution < -0.4 is 5.43 Å². The van der Waals surface area contributed by atoms with Gasteiger partial charge in [0.25, 0.3) is 0 Å². The van der Waals surface area contributed by atoms with E-state index < -0.39 is 12.2 Å². The van der Waals surface area contributed by atoms with Crippen LogP contribution in [-0.2, 0) is 17.7 Å². The molecule has 6 nitrogen and oxygen atoms in total. The van der Waals surface area contributed by atoms with Gasteiger partial charge < -0.3 is 9.84 Å². The van der Waals surface area contributed by atoms with E-state index in [4.69, 9.17) is 4.74 Å². The van der Waals surface area contributed by atoms with Gasteiger partial charge >= 0.3 is 6.09 Å². The number of carbonyl (C=O) groups is 1. The number of ether oxygens (including phenoxy) is 1. The second kappa shape index (κ2) is 11.2. The number of nitrogens with one attached hydrogen (secondary N) is 1. The molecule has 162 valence electrons. The summed E-state index contributed by atoms with van der Waals surface area (Å²) in [4.78, 5) is 16.2. The third kappa shape index (κ3) is 6.91. The quantitative estimate of drug-likeness (QED) is 0.512. The molecule has 2 N–H and O–H groups in total. The zero-order valence-electron chi connectivity index (χ0n) is 17.9. The topological polar surface area (TPSA) is 74.7 Å². The number of hydrogen-bond donors (Lipinski definition) is 2. The van der Waals surface area contributed by atoms with E-state index in [1.54, 1.807) is 11.2 Å². The maximum absolute atomic E-state index is 11.8. The van der Waals surface area contributed by atoms with Gasteiger partial charge in [0.15, 0.2) is 0 Å². The Kier molecular flexibility index (Phi) is 8.15. The average molecular weight is 420 g/mol. The Bertz CT molecular complexity index is 933. The molecule has 0 saturated heterocycles. The van der Waals surface area contributed by atoms with Gasteiger partial charge in [-0.2, -0.15) is 0 Å². The van der Waals surface area contributed by atoms with Crippen molar-refractivity contribution >= 4 is 6.09 Å². The van der Waals surface area contributed by atoms with Crippen LogP contribution in [0.4, 0.5) is 4.79 Å². The fourth-order valence-corrected chi connectivity index (χ4v) is 3.39. The van der Waals surface area contributed by atoms with Crippen LogP contribution in [0.15, 0.2) is 79.0 Å². The number of methoxy groups -OCH3 is 1. The van der Waals surface area contributed by atoms with Crippen molar-refractivity contribution in [2.75, 3.05) is 13.7 Å². The molecule has 3 aromatic rings. The average Bonchev–Trinajstić information content (AvgIpc) is 2.80. The number of aromatic nitrogens is 1. The highest BCUT2D eigenvalue weighted by Crippen LogP contribution is 2.18. The molecule has 0 spiro atoms. The van der Waals surface area contributed by atoms with Crippen LogP contribution in [0.25, 0.3) is 11.3 Å². The molecular weight excluding hydrogens is 390 g/mol. The van der Waals surface area contributed by atoms with E-state index in [2.05, 4.69) is 22.5 Å². The summed E-state index contributed by atoms with van der Waals surface area (Å²) in [6, 6.07) is 23.9. The number of pyridine rings is 1. The highest BCUT2D eigenvalue weighted by molar-refractivity contribution is 5.66. The molecule has 0 aliphatic heterocycles. The molecule has 1 amide bonds. The smallest absolute Gasteiger partial charge is 0.421 e. The van der Waals surface area contributed by atoms with Crippen molar-refractivity contribution in [3.8, 4) is 11.3 Å². The van der Waals surface area contributed by atoms with Crippen molar-refractivity contribution in [2.45, 2.75) is 26.0 Å². The SMILES string of the molecule is COC(=O)NN(Cc1ccc(-c2ccccn2)cc1)CC(O)C(C)Cc1ccccc1. The highest BCUT2D eigenvalue weighted by Gasteiger charge is 2.20. The van der Waals surface area contributed by atoms with Crippen molar-refractivity contribution < 1.29 is 14.6 Å². The van der Waals surface area contributed by atoms with Crippen LogP contribution in [0.3, 0.4) is 0 Å². The number of amides is 1. The maximum Gasteiger partial charge on any atom is 0.421 e. The predicted octanol–water partition coefficient (Wildman–Crippen LogP) is 4.06. The molecule has 1 heterocycles. The van der Waals surface area contributed by atoms with Crippen molar-refractivity contribution in [2.24, 2.45) is 5.92 Å². The Balaban J connectivity index is 1.65. The van der Waals surface area contributed by atoms with Gasteiger partial charge in [-0.15, -0.1) is 0 Å². The first-order chi connectivity index (χ1) is 15.0. The third-order valence-electron chi connectivity index (χ3n) is 5.19. The van der Waals surface area contributed by atoms with Crippen LogP contribution >= 0.6 is 0 Å². The first kappa shape index (κ1) is 22.5. The number of benzene rings is 2. The van der Waals surface area contributed by atoms with Gasteiger partial charge in [0.1, 0.15) is 0 Å². The summed E-state index contributed by atoms with van der Waals surface area (Å²) in [5.41, 5.74) is 6.81. The Hall–Kier alpha value is -3.22. The van der Waals surface area contributed by atoms with Gasteiger partial charge in [0.05, 0.1) is 18.9 Å². The molecule has 0 aliphatic carbocycles. The molecule has 6 heteroatoms. The normalized spacial score (nSPS) is 12.9. The van der Waals surface area contributed by atoms with Gasteiger partial charge in [-0.3, -0.25) is 10.4 Å². The molecule has 1 aromatic heterocycles. The van der Waals surface area contributed by atoms with Crippen molar-refractivity contribution in [3.63, 3.8) is 0 Å². The van der Waals surface area contributed by atoms with Crippen LogP contribution in [0.2, 0.25) is 0 Å². The van der Waals surface area contributed by atoms with Crippen molar-refractivity contribution in [1.82, 2.24) is 15.4 Å². The molecule has 3 rings (SSSR count). The monoisotopic (exact) mass is 419 g/mol. The fourth-order valence-electron chi connectivity index (χ4n) is 3.39. The number of carbonyl (C=O) groups excluding carboxylic acids is 1. The van der Waals surface area contributed by atoms with Crippen LogP contribution in [-0.4, -0.2) is 41.0 Å². The van der Waals surface area contributed by atoms with Gasteiger partial charge in [-0.1, -0.05) is 67.6 Å². The molecule has 31 heavy (non-hydrogen) atoms. The van der Waals surface area contributed by atoms with Crippen LogP contribution in [0, 0.1) is 5.92 Å². The summed E-state index contributed by atoms with van der Waals surface area (Å²) in [5.74, 6) is 0.0240. The minimum absolute atomic E-state index is 0.0240. The van der Waals surface area contributed by atoms with Gasteiger partial charge in [-0.05, 0) is 35.6 Å². The first-order valence-corrected chi connectivity index (χ1v) is 10.4. The Morgan fingerprint density at radius 3 is 2.39 bits per heavy atom. The molecule has 2 atom stereocenters. The van der Waals surface area contributed by atoms with E-state index in [9.17, 15) is 9.90 Å². The van der Waals surface area contributed by atoms with E-state index in [0.717, 1.165) is 23.2 Å². The zero-order chi connectivity index (χ0) is 22.1. The molecule has 0 bridgehead atoms. The number of hydrazine groups is 1. The lowest BCUT2D eigenvalue weighted by Gasteiger charge is -2.28. The maximum atomic E-state index is 11.8.